The third-order valence-corrected chi connectivity index (χ3v) is 3.79. The third-order valence-electron chi connectivity index (χ3n) is 3.79. The number of hydrogen-bond donors (Lipinski definition) is 0. The molecule has 0 saturated carbocycles. The van der Waals surface area contributed by atoms with Crippen molar-refractivity contribution in [2.45, 2.75) is 25.7 Å². The predicted octanol–water partition coefficient (Wildman–Crippen LogP) is 1.40. The van der Waals surface area contributed by atoms with Crippen molar-refractivity contribution in [2.75, 3.05) is 19.7 Å². The zero-order chi connectivity index (χ0) is 16.9. The fourth-order valence-corrected chi connectivity index (χ4v) is 2.45. The molecule has 24 heavy (non-hydrogen) atoms. The van der Waals surface area contributed by atoms with E-state index in [9.17, 15) is 9.59 Å². The lowest BCUT2D eigenvalue weighted by atomic mass is 9.99. The smallest absolute Gasteiger partial charge is 0.306 e. The fraction of sp³-hybridized carbons (Fsp3) is 0.438. The molecule has 0 unspecified atom stereocenters. The van der Waals surface area contributed by atoms with Crippen LogP contribution in [0.25, 0.3) is 11.4 Å². The monoisotopic (exact) mass is 330 g/mol. The Morgan fingerprint density at radius 3 is 2.92 bits per heavy atom. The number of aromatic nitrogens is 3. The Hall–Kier alpha value is -2.77. The second kappa shape index (κ2) is 7.20. The molecule has 0 radical (unpaired) electrons. The van der Waals surface area contributed by atoms with Gasteiger partial charge in [-0.1, -0.05) is 5.16 Å². The normalized spacial score (nSPS) is 14.3. The van der Waals surface area contributed by atoms with Gasteiger partial charge in [-0.05, 0) is 19.1 Å². The fourth-order valence-electron chi connectivity index (χ4n) is 2.45. The van der Waals surface area contributed by atoms with Crippen molar-refractivity contribution in [2.24, 2.45) is 0 Å². The minimum atomic E-state index is -0.346. The van der Waals surface area contributed by atoms with Gasteiger partial charge in [-0.15, -0.1) is 0 Å². The van der Waals surface area contributed by atoms with Crippen LogP contribution in [0, 0.1) is 0 Å². The Morgan fingerprint density at radius 2 is 2.21 bits per heavy atom. The van der Waals surface area contributed by atoms with Gasteiger partial charge >= 0.3 is 5.97 Å². The molecule has 1 aliphatic rings. The van der Waals surface area contributed by atoms with Gasteiger partial charge in [0.05, 0.1) is 18.9 Å². The number of rotatable bonds is 6. The van der Waals surface area contributed by atoms with Crippen molar-refractivity contribution >= 4 is 11.9 Å². The Morgan fingerprint density at radius 1 is 1.38 bits per heavy atom. The number of carbonyl (C=O) groups is 2. The number of hydrogen-bond acceptors (Lipinski definition) is 7. The summed E-state index contributed by atoms with van der Waals surface area (Å²) in [5, 5.41) is 3.95. The largest absolute Gasteiger partial charge is 0.466 e. The van der Waals surface area contributed by atoms with Crippen molar-refractivity contribution < 1.29 is 18.8 Å². The van der Waals surface area contributed by atoms with E-state index in [1.54, 1.807) is 30.3 Å². The molecule has 0 atom stereocenters. The van der Waals surface area contributed by atoms with Gasteiger partial charge in [-0.25, -0.2) is 0 Å². The van der Waals surface area contributed by atoms with Crippen LogP contribution < -0.4 is 0 Å². The minimum Gasteiger partial charge on any atom is -0.466 e. The first-order valence-corrected chi connectivity index (χ1v) is 7.84. The maximum absolute atomic E-state index is 12.0. The maximum Gasteiger partial charge on any atom is 0.306 e. The SMILES string of the molecule is CCOC(=O)CCC(=O)N1CC(c2nc(-c3cccnc3)no2)C1. The minimum absolute atomic E-state index is 0.0365. The zero-order valence-electron chi connectivity index (χ0n) is 13.3. The number of pyridine rings is 1. The van der Waals surface area contributed by atoms with Crippen LogP contribution in [0.4, 0.5) is 0 Å². The van der Waals surface area contributed by atoms with E-state index in [1.807, 2.05) is 6.07 Å². The Bertz CT molecular complexity index is 710. The molecule has 126 valence electrons. The second-order valence-corrected chi connectivity index (χ2v) is 5.50. The van der Waals surface area contributed by atoms with Crippen LogP contribution in [-0.2, 0) is 14.3 Å². The van der Waals surface area contributed by atoms with Crippen LogP contribution in [0.5, 0.6) is 0 Å². The summed E-state index contributed by atoms with van der Waals surface area (Å²) >= 11 is 0. The van der Waals surface area contributed by atoms with Crippen LogP contribution in [-0.4, -0.2) is 51.6 Å². The molecule has 0 spiro atoms. The number of nitrogens with zero attached hydrogens (tertiary/aromatic N) is 4. The molecule has 1 aliphatic heterocycles. The van der Waals surface area contributed by atoms with Gasteiger partial charge in [0.25, 0.3) is 0 Å². The zero-order valence-corrected chi connectivity index (χ0v) is 13.3. The summed E-state index contributed by atoms with van der Waals surface area (Å²) in [5.41, 5.74) is 0.786. The van der Waals surface area contributed by atoms with Crippen molar-refractivity contribution in [3.8, 4) is 11.4 Å². The van der Waals surface area contributed by atoms with Gasteiger partial charge in [0.15, 0.2) is 0 Å². The van der Waals surface area contributed by atoms with Gasteiger partial charge in [0.2, 0.25) is 17.6 Å². The number of ether oxygens (including phenoxy) is 1. The summed E-state index contributed by atoms with van der Waals surface area (Å²) in [5.74, 6) is 0.634. The molecule has 0 bridgehead atoms. The van der Waals surface area contributed by atoms with E-state index in [-0.39, 0.29) is 30.6 Å². The second-order valence-electron chi connectivity index (χ2n) is 5.50. The van der Waals surface area contributed by atoms with Gasteiger partial charge in [0.1, 0.15) is 0 Å². The van der Waals surface area contributed by atoms with Crippen molar-refractivity contribution in [3.63, 3.8) is 0 Å². The lowest BCUT2D eigenvalue weighted by Gasteiger charge is -2.37. The summed E-state index contributed by atoms with van der Waals surface area (Å²) in [6.07, 6.45) is 3.62. The molecular formula is C16H18N4O4. The number of esters is 1. The van der Waals surface area contributed by atoms with Gasteiger partial charge < -0.3 is 14.2 Å². The third kappa shape index (κ3) is 3.58. The summed E-state index contributed by atoms with van der Waals surface area (Å²) in [6, 6.07) is 3.66. The lowest BCUT2D eigenvalue weighted by molar-refractivity contribution is -0.146. The molecule has 8 heteroatoms. The number of carbonyl (C=O) groups excluding carboxylic acids is 2. The molecule has 2 aromatic heterocycles. The lowest BCUT2D eigenvalue weighted by Crippen LogP contribution is -2.48. The predicted molar refractivity (Wildman–Crippen MR) is 82.7 cm³/mol. The molecule has 0 aliphatic carbocycles. The van der Waals surface area contributed by atoms with E-state index in [1.165, 1.54) is 0 Å². The van der Waals surface area contributed by atoms with Crippen molar-refractivity contribution in [1.29, 1.82) is 0 Å². The molecule has 2 aromatic rings. The molecule has 1 fully saturated rings. The summed E-state index contributed by atoms with van der Waals surface area (Å²) < 4.78 is 10.1. The molecule has 0 aromatic carbocycles. The molecule has 1 saturated heterocycles. The highest BCUT2D eigenvalue weighted by atomic mass is 16.5. The highest BCUT2D eigenvalue weighted by molar-refractivity contribution is 5.82. The van der Waals surface area contributed by atoms with E-state index < -0.39 is 0 Å². The highest BCUT2D eigenvalue weighted by Crippen LogP contribution is 2.28. The Labute approximate surface area is 138 Å². The van der Waals surface area contributed by atoms with Gasteiger partial charge in [-0.3, -0.25) is 14.6 Å². The number of likely N-dealkylation sites (tertiary alicyclic amines) is 1. The molecule has 3 heterocycles. The van der Waals surface area contributed by atoms with Crippen LogP contribution in [0.3, 0.4) is 0 Å². The van der Waals surface area contributed by atoms with Crippen molar-refractivity contribution in [3.05, 3.63) is 30.4 Å². The van der Waals surface area contributed by atoms with Crippen LogP contribution >= 0.6 is 0 Å². The van der Waals surface area contributed by atoms with Crippen molar-refractivity contribution in [1.82, 2.24) is 20.0 Å². The molecule has 3 rings (SSSR count). The average molecular weight is 330 g/mol. The topological polar surface area (TPSA) is 98.4 Å². The maximum atomic E-state index is 12.0. The molecule has 1 amide bonds. The quantitative estimate of drug-likeness (QED) is 0.738. The summed E-state index contributed by atoms with van der Waals surface area (Å²) in [6.45, 7) is 3.12. The molecule has 8 nitrogen and oxygen atoms in total. The summed E-state index contributed by atoms with van der Waals surface area (Å²) in [7, 11) is 0. The van der Waals surface area contributed by atoms with E-state index in [0.717, 1.165) is 5.56 Å². The van der Waals surface area contributed by atoms with E-state index in [4.69, 9.17) is 9.26 Å². The molecule has 0 N–H and O–H groups in total. The van der Waals surface area contributed by atoms with Crippen LogP contribution in [0.2, 0.25) is 0 Å². The first kappa shape index (κ1) is 16.1. The van der Waals surface area contributed by atoms with Gasteiger partial charge in [-0.2, -0.15) is 4.98 Å². The van der Waals surface area contributed by atoms with E-state index in [2.05, 4.69) is 15.1 Å². The van der Waals surface area contributed by atoms with E-state index in [0.29, 0.717) is 31.4 Å². The first-order chi connectivity index (χ1) is 11.7. The van der Waals surface area contributed by atoms with Crippen LogP contribution in [0.1, 0.15) is 31.6 Å². The average Bonchev–Trinajstić information content (AvgIpc) is 3.02. The Balaban J connectivity index is 1.49. The summed E-state index contributed by atoms with van der Waals surface area (Å²) in [4.78, 5) is 33.3. The van der Waals surface area contributed by atoms with Crippen LogP contribution in [0.15, 0.2) is 29.0 Å². The van der Waals surface area contributed by atoms with Gasteiger partial charge in [0, 0.05) is 37.5 Å². The molecular weight excluding hydrogens is 312 g/mol. The first-order valence-electron chi connectivity index (χ1n) is 7.84. The highest BCUT2D eigenvalue weighted by Gasteiger charge is 2.35. The Kier molecular flexibility index (Phi) is 4.83. The standard InChI is InChI=1S/C16H18N4O4/c1-2-23-14(22)6-5-13(21)20-9-12(10-20)16-18-15(19-24-16)11-4-3-7-17-8-11/h3-4,7-8,12H,2,5-6,9-10H2,1H3. The van der Waals surface area contributed by atoms with E-state index >= 15 is 0 Å². The number of amides is 1.